The van der Waals surface area contributed by atoms with Crippen LogP contribution in [-0.4, -0.2) is 21.6 Å². The van der Waals surface area contributed by atoms with Crippen LogP contribution in [0.15, 0.2) is 106 Å². The van der Waals surface area contributed by atoms with Crippen molar-refractivity contribution in [2.75, 3.05) is 0 Å². The van der Waals surface area contributed by atoms with Crippen molar-refractivity contribution < 1.29 is 26.8 Å². The van der Waals surface area contributed by atoms with Gasteiger partial charge in [-0.15, -0.1) is 57.9 Å². The minimum atomic E-state index is -1.65. The Morgan fingerprint density at radius 3 is 1.11 bits per heavy atom. The van der Waals surface area contributed by atoms with Crippen LogP contribution in [0.4, 0.5) is 0 Å². The van der Waals surface area contributed by atoms with Gasteiger partial charge in [-0.25, -0.2) is 0 Å². The van der Waals surface area contributed by atoms with E-state index in [-0.39, 0.29) is 5.43 Å². The Labute approximate surface area is 417 Å². The Hall–Kier alpha value is -2.07. The van der Waals surface area contributed by atoms with Gasteiger partial charge < -0.3 is 8.83 Å². The van der Waals surface area contributed by atoms with E-state index < -0.39 is 34.1 Å². The van der Waals surface area contributed by atoms with E-state index in [9.17, 15) is 0 Å². The maximum absolute atomic E-state index is 6.76. The molecule has 0 fully saturated rings. The summed E-state index contributed by atoms with van der Waals surface area (Å²) in [7, 11) is 7.97. The van der Waals surface area contributed by atoms with E-state index >= 15 is 0 Å². The van der Waals surface area contributed by atoms with E-state index in [0.29, 0.717) is 0 Å². The fourth-order valence-corrected chi connectivity index (χ4v) is 15.8. The zero-order chi connectivity index (χ0) is 47.0. The summed E-state index contributed by atoms with van der Waals surface area (Å²) >= 11 is 25.4. The summed E-state index contributed by atoms with van der Waals surface area (Å²) in [6.45, 7) is 26.3. The van der Waals surface area contributed by atoms with E-state index in [1.165, 1.54) is 43.8 Å². The monoisotopic (exact) mass is 1100 g/mol. The van der Waals surface area contributed by atoms with Crippen molar-refractivity contribution in [3.05, 3.63) is 140 Å². The first-order chi connectivity index (χ1) is 30.0. The van der Waals surface area contributed by atoms with E-state index in [0.717, 1.165) is 88.6 Å². The molecule has 0 N–H and O–H groups in total. The van der Waals surface area contributed by atoms with Crippen LogP contribution in [0.25, 0.3) is 66.4 Å². The Morgan fingerprint density at radius 2 is 0.859 bits per heavy atom. The molecule has 64 heavy (non-hydrogen) atoms. The van der Waals surface area contributed by atoms with Crippen molar-refractivity contribution in [2.24, 2.45) is 0 Å². The van der Waals surface area contributed by atoms with E-state index in [1.54, 1.807) is 0 Å². The molecule has 8 aromatic rings. The predicted molar refractivity (Wildman–Crippen MR) is 289 cm³/mol. The molecule has 0 unspecified atom stereocenters. The second kappa shape index (κ2) is 21.1. The number of furan rings is 2. The molecule has 336 valence electrons. The minimum absolute atomic E-state index is 0.224. The van der Waals surface area contributed by atoms with Gasteiger partial charge in [0.15, 0.2) is 0 Å². The molecular formula is C52H56Cl6O2Si3Zr-2. The van der Waals surface area contributed by atoms with Crippen molar-refractivity contribution in [1.29, 1.82) is 0 Å². The molecular weight excluding hydrogens is 1040 g/mol. The fourth-order valence-electron chi connectivity index (χ4n) is 8.26. The summed E-state index contributed by atoms with van der Waals surface area (Å²) in [5, 5.41) is 10.2. The number of hydrogen-bond acceptors (Lipinski definition) is 2. The zero-order valence-electron chi connectivity index (χ0n) is 38.7. The topological polar surface area (TPSA) is 26.3 Å². The number of rotatable bonds is 8. The summed E-state index contributed by atoms with van der Waals surface area (Å²) in [4.78, 5) is 0. The Morgan fingerprint density at radius 1 is 0.531 bits per heavy atom. The third-order valence-electron chi connectivity index (χ3n) is 11.3. The first-order valence-corrected chi connectivity index (χ1v) is 42.6. The average Bonchev–Trinajstić information content (AvgIpc) is 4.02. The normalized spacial score (nSPS) is 11.7. The number of halogens is 6. The van der Waals surface area contributed by atoms with Gasteiger partial charge in [0.25, 0.3) is 0 Å². The van der Waals surface area contributed by atoms with Crippen LogP contribution in [0.2, 0.25) is 72.5 Å². The summed E-state index contributed by atoms with van der Waals surface area (Å²) < 4.78 is 11.7. The van der Waals surface area contributed by atoms with Crippen LogP contribution in [-0.2, 0) is 30.8 Å². The van der Waals surface area contributed by atoms with Crippen molar-refractivity contribution in [1.82, 2.24) is 0 Å². The SMILES string of the molecule is CCc1ccc2[cH-]c(-c3ccc(C)o3)cc2c1-c1cc(Cl)c([Si](C)(C)C)c(Cl)c1.CCc1ccc2[cH-]c(-c3ccc(C)o3)cc2c1-c1cc(Cl)c([Si](C)(C)C)c(Cl)c1.C[Si](C)=[Zr]([Cl])[Cl]. The molecule has 2 heterocycles. The van der Waals surface area contributed by atoms with E-state index in [4.69, 9.17) is 72.3 Å². The van der Waals surface area contributed by atoms with Crippen LogP contribution in [0.1, 0.15) is 36.5 Å². The van der Waals surface area contributed by atoms with Crippen molar-refractivity contribution in [3.63, 3.8) is 0 Å². The fraction of sp³-hybridized carbons (Fsp3) is 0.269. The maximum atomic E-state index is 6.76. The molecule has 0 aliphatic rings. The standard InChI is InChI=1S/2C25H25Cl2OSi.C2H6Si.2ClH.Zr/c2*1-6-16-8-9-17-11-18(23-10-7-15(2)28-23)12-20(17)24(16)19-13-21(26)25(22(27)14-19)29(3,4)5;1-3-2;;;/h2*7-14H,6H2,1-5H3;1-2H3;2*1H;/q2*-1;;;;+2/p-2. The van der Waals surface area contributed by atoms with Gasteiger partial charge in [0.2, 0.25) is 0 Å². The van der Waals surface area contributed by atoms with Crippen LogP contribution < -0.4 is 10.4 Å². The molecule has 0 saturated heterocycles. The Kier molecular flexibility index (Phi) is 16.9. The molecule has 0 bridgehead atoms. The molecule has 8 rings (SSSR count). The van der Waals surface area contributed by atoms with Gasteiger partial charge in [-0.3, -0.25) is 0 Å². The molecule has 0 atom stereocenters. The van der Waals surface area contributed by atoms with Gasteiger partial charge in [-0.1, -0.05) is 134 Å². The predicted octanol–water partition coefficient (Wildman–Crippen LogP) is 18.6. The number of aryl methyl sites for hydroxylation is 4. The summed E-state index contributed by atoms with van der Waals surface area (Å²) in [5.74, 6) is 3.63. The molecule has 0 radical (unpaired) electrons. The van der Waals surface area contributed by atoms with Crippen molar-refractivity contribution in [2.45, 2.75) is 92.9 Å². The van der Waals surface area contributed by atoms with Gasteiger partial charge in [0, 0.05) is 20.1 Å². The number of benzene rings is 4. The number of hydrogen-bond donors (Lipinski definition) is 0. The molecule has 2 nitrogen and oxygen atoms in total. The van der Waals surface area contributed by atoms with Crippen molar-refractivity contribution >= 4 is 117 Å². The zero-order valence-corrected chi connectivity index (χ0v) is 48.7. The van der Waals surface area contributed by atoms with E-state index in [1.807, 2.05) is 38.1 Å². The first-order valence-electron chi connectivity index (χ1n) is 21.6. The van der Waals surface area contributed by atoms with Crippen LogP contribution >= 0.6 is 63.4 Å². The third-order valence-corrected chi connectivity index (χ3v) is 37.0. The van der Waals surface area contributed by atoms with Gasteiger partial charge >= 0.3 is 53.5 Å². The third kappa shape index (κ3) is 11.6. The Balaban J connectivity index is 0.000000189. The molecule has 0 amide bonds. The second-order valence-corrected chi connectivity index (χ2v) is 53.2. The quantitative estimate of drug-likeness (QED) is 0.112. The van der Waals surface area contributed by atoms with Crippen molar-refractivity contribution in [3.8, 4) is 44.9 Å². The van der Waals surface area contributed by atoms with Gasteiger partial charge in [-0.05, 0) is 108 Å². The van der Waals surface area contributed by atoms with Crippen LogP contribution in [0.5, 0.6) is 0 Å². The van der Waals surface area contributed by atoms with Gasteiger partial charge in [0.1, 0.15) is 0 Å². The molecule has 2 aromatic heterocycles. The summed E-state index contributed by atoms with van der Waals surface area (Å²) in [6, 6.07) is 34.1. The van der Waals surface area contributed by atoms with Gasteiger partial charge in [0.05, 0.1) is 39.2 Å². The second-order valence-electron chi connectivity index (χ2n) is 18.6. The molecule has 0 aliphatic carbocycles. The first kappa shape index (κ1) is 51.3. The molecule has 6 aromatic carbocycles. The Bertz CT molecular complexity index is 2750. The average molecular weight is 1100 g/mol. The van der Waals surface area contributed by atoms with Gasteiger partial charge in [-0.2, -0.15) is 0 Å². The van der Waals surface area contributed by atoms with Crippen LogP contribution in [0, 0.1) is 13.8 Å². The molecule has 0 aliphatic heterocycles. The molecule has 12 heteroatoms. The van der Waals surface area contributed by atoms with Crippen LogP contribution in [0.3, 0.4) is 0 Å². The molecule has 0 saturated carbocycles. The summed E-state index contributed by atoms with van der Waals surface area (Å²) in [5.41, 5.74) is 9.14. The number of fused-ring (bicyclic) bond motifs is 2. The molecule has 0 spiro atoms. The summed E-state index contributed by atoms with van der Waals surface area (Å²) in [6.07, 6.45) is 1.88. The van der Waals surface area contributed by atoms with E-state index in [2.05, 4.69) is 139 Å².